The molecule has 11 rings (SSSR count). The summed E-state index contributed by atoms with van der Waals surface area (Å²) in [6.07, 6.45) is -0.218. The number of nitrogens with one attached hydrogen (secondary N) is 3. The van der Waals surface area contributed by atoms with Crippen LogP contribution in [0.3, 0.4) is 0 Å². The standard InChI is InChI=1S/C52H41N4O/c1-56(45-26-13-11-24-41(45)42-25-12-14-27-46(42)56)40-28-29-43-47(33-40)57-48-32-39(34-16-5-2-6-17-34)31-44(49(43)48)37-22-15-23-38(30-37)52-54-50(35-18-7-3-8-19-35)53-51(55-52)36-20-9-4-10-21-36/h2-33,50-55H,1H3/q+1. The normalized spacial score (nSPS) is 18.4. The van der Waals surface area contributed by atoms with E-state index in [1.54, 1.807) is 0 Å². The molecule has 2 atom stereocenters. The third-order valence-electron chi connectivity index (χ3n) is 12.0. The van der Waals surface area contributed by atoms with Crippen molar-refractivity contribution in [3.8, 4) is 33.4 Å². The smallest absolute Gasteiger partial charge is 0.150 e. The van der Waals surface area contributed by atoms with Crippen molar-refractivity contribution in [2.75, 3.05) is 7.05 Å². The SMILES string of the molecule is C[N+]1(c2ccc3c(c2)oc2cc(-c4ccccc4)cc(-c4cccc(C5NC(c6ccccc6)NC(c6ccccc6)N5)c4)c23)c2ccccc2-c2ccccc21. The van der Waals surface area contributed by atoms with Crippen LogP contribution in [0.15, 0.2) is 199 Å². The van der Waals surface area contributed by atoms with Crippen LogP contribution < -0.4 is 20.4 Å². The summed E-state index contributed by atoms with van der Waals surface area (Å²) in [5, 5.41) is 13.8. The molecular weight excluding hydrogens is 697 g/mol. The first-order valence-electron chi connectivity index (χ1n) is 19.7. The zero-order chi connectivity index (χ0) is 37.9. The van der Waals surface area contributed by atoms with Gasteiger partial charge in [-0.25, -0.2) is 4.48 Å². The van der Waals surface area contributed by atoms with Gasteiger partial charge in [-0.3, -0.25) is 16.0 Å². The molecule has 3 heterocycles. The van der Waals surface area contributed by atoms with Gasteiger partial charge < -0.3 is 4.42 Å². The average Bonchev–Trinajstić information content (AvgIpc) is 3.79. The van der Waals surface area contributed by atoms with Gasteiger partial charge in [0.15, 0.2) is 11.4 Å². The molecule has 274 valence electrons. The van der Waals surface area contributed by atoms with Crippen LogP contribution in [-0.4, -0.2) is 7.05 Å². The molecule has 0 saturated carbocycles. The number of hydrogen-bond acceptors (Lipinski definition) is 4. The summed E-state index contributed by atoms with van der Waals surface area (Å²) < 4.78 is 7.50. The van der Waals surface area contributed by atoms with E-state index in [0.717, 1.165) is 55.4 Å². The molecule has 57 heavy (non-hydrogen) atoms. The van der Waals surface area contributed by atoms with Crippen molar-refractivity contribution in [1.29, 1.82) is 0 Å². The van der Waals surface area contributed by atoms with E-state index in [1.165, 1.54) is 33.6 Å². The minimum atomic E-state index is -0.117. The predicted molar refractivity (Wildman–Crippen MR) is 234 cm³/mol. The van der Waals surface area contributed by atoms with Crippen molar-refractivity contribution in [3.63, 3.8) is 0 Å². The van der Waals surface area contributed by atoms with Crippen LogP contribution in [0, 0.1) is 0 Å². The molecule has 2 aliphatic rings. The second-order valence-corrected chi connectivity index (χ2v) is 15.3. The van der Waals surface area contributed by atoms with Crippen molar-refractivity contribution in [2.24, 2.45) is 0 Å². The van der Waals surface area contributed by atoms with Crippen LogP contribution in [0.1, 0.15) is 35.2 Å². The zero-order valence-corrected chi connectivity index (χ0v) is 31.6. The van der Waals surface area contributed by atoms with Gasteiger partial charge in [-0.1, -0.05) is 133 Å². The summed E-state index contributed by atoms with van der Waals surface area (Å²) in [4.78, 5) is 0. The average molecular weight is 738 g/mol. The highest BCUT2D eigenvalue weighted by molar-refractivity contribution is 6.14. The highest BCUT2D eigenvalue weighted by Gasteiger charge is 2.42. The van der Waals surface area contributed by atoms with Gasteiger partial charge in [-0.05, 0) is 75.3 Å². The number of fused-ring (bicyclic) bond motifs is 6. The minimum Gasteiger partial charge on any atom is -0.456 e. The van der Waals surface area contributed by atoms with Crippen LogP contribution in [0.2, 0.25) is 0 Å². The highest BCUT2D eigenvalue weighted by atomic mass is 16.3. The molecule has 0 radical (unpaired) electrons. The van der Waals surface area contributed by atoms with Crippen LogP contribution >= 0.6 is 0 Å². The Kier molecular flexibility index (Phi) is 8.02. The molecule has 0 bridgehead atoms. The van der Waals surface area contributed by atoms with Gasteiger partial charge in [0.25, 0.3) is 0 Å². The summed E-state index contributed by atoms with van der Waals surface area (Å²) >= 11 is 0. The number of para-hydroxylation sites is 2. The molecule has 5 heteroatoms. The Morgan fingerprint density at radius 1 is 0.404 bits per heavy atom. The summed E-state index contributed by atoms with van der Waals surface area (Å²) in [5.41, 5.74) is 16.1. The largest absolute Gasteiger partial charge is 0.456 e. The van der Waals surface area contributed by atoms with Gasteiger partial charge in [0.1, 0.15) is 16.9 Å². The van der Waals surface area contributed by atoms with E-state index in [9.17, 15) is 0 Å². The van der Waals surface area contributed by atoms with E-state index in [2.05, 4.69) is 217 Å². The lowest BCUT2D eigenvalue weighted by atomic mass is 9.93. The third kappa shape index (κ3) is 5.63. The maximum absolute atomic E-state index is 6.93. The molecule has 2 aliphatic heterocycles. The molecule has 5 nitrogen and oxygen atoms in total. The van der Waals surface area contributed by atoms with Crippen molar-refractivity contribution in [2.45, 2.75) is 18.5 Å². The van der Waals surface area contributed by atoms with E-state index < -0.39 is 0 Å². The second kappa shape index (κ2) is 13.6. The molecule has 9 aromatic rings. The number of rotatable bonds is 6. The van der Waals surface area contributed by atoms with Crippen molar-refractivity contribution >= 4 is 39.0 Å². The Morgan fingerprint density at radius 3 is 1.56 bits per heavy atom. The number of benzene rings is 8. The van der Waals surface area contributed by atoms with Gasteiger partial charge in [0.2, 0.25) is 0 Å². The Balaban J connectivity index is 1.05. The topological polar surface area (TPSA) is 49.2 Å². The van der Waals surface area contributed by atoms with Crippen LogP contribution in [0.5, 0.6) is 0 Å². The van der Waals surface area contributed by atoms with E-state index >= 15 is 0 Å². The Hall–Kier alpha value is -6.60. The lowest BCUT2D eigenvalue weighted by molar-refractivity contribution is 0.203. The fourth-order valence-corrected chi connectivity index (χ4v) is 9.19. The van der Waals surface area contributed by atoms with Crippen molar-refractivity contribution in [1.82, 2.24) is 20.4 Å². The van der Waals surface area contributed by atoms with Gasteiger partial charge in [-0.15, -0.1) is 0 Å². The van der Waals surface area contributed by atoms with Crippen LogP contribution in [-0.2, 0) is 0 Å². The maximum Gasteiger partial charge on any atom is 0.150 e. The molecule has 0 spiro atoms. The van der Waals surface area contributed by atoms with E-state index in [0.29, 0.717) is 4.48 Å². The Labute approximate surface area is 332 Å². The minimum absolute atomic E-state index is 0.0505. The summed E-state index contributed by atoms with van der Waals surface area (Å²) in [5.74, 6) is 0. The van der Waals surface area contributed by atoms with E-state index in [1.807, 2.05) is 0 Å². The quantitative estimate of drug-likeness (QED) is 0.149. The first kappa shape index (κ1) is 33.7. The third-order valence-corrected chi connectivity index (χ3v) is 12.0. The number of nitrogens with zero attached hydrogens (tertiary/aromatic N) is 1. The van der Waals surface area contributed by atoms with Crippen LogP contribution in [0.25, 0.3) is 55.3 Å². The van der Waals surface area contributed by atoms with Crippen molar-refractivity contribution < 1.29 is 4.42 Å². The molecule has 2 unspecified atom stereocenters. The number of hydrogen-bond donors (Lipinski definition) is 3. The maximum atomic E-state index is 6.93. The molecule has 1 aromatic heterocycles. The number of furan rings is 1. The molecular formula is C52H41N4O+. The first-order chi connectivity index (χ1) is 28.1. The second-order valence-electron chi connectivity index (χ2n) is 15.3. The fraction of sp³-hybridized carbons (Fsp3) is 0.0769. The van der Waals surface area contributed by atoms with Crippen molar-refractivity contribution in [3.05, 3.63) is 211 Å². The summed E-state index contributed by atoms with van der Waals surface area (Å²) in [6.45, 7) is 0. The summed E-state index contributed by atoms with van der Waals surface area (Å²) in [6, 6.07) is 69.7. The molecule has 0 amide bonds. The van der Waals surface area contributed by atoms with Gasteiger partial charge in [0, 0.05) is 46.2 Å². The monoisotopic (exact) mass is 737 g/mol. The molecule has 0 aliphatic carbocycles. The Morgan fingerprint density at radius 2 is 0.930 bits per heavy atom. The van der Waals surface area contributed by atoms with Gasteiger partial charge in [-0.2, -0.15) is 0 Å². The molecule has 8 aromatic carbocycles. The molecule has 3 N–H and O–H groups in total. The lowest BCUT2D eigenvalue weighted by Gasteiger charge is -2.39. The first-order valence-corrected chi connectivity index (χ1v) is 19.7. The Bertz CT molecular complexity index is 2830. The van der Waals surface area contributed by atoms with Gasteiger partial charge in [0.05, 0.1) is 25.5 Å². The predicted octanol–water partition coefficient (Wildman–Crippen LogP) is 12.7. The van der Waals surface area contributed by atoms with E-state index in [-0.39, 0.29) is 18.5 Å². The van der Waals surface area contributed by atoms with E-state index in [4.69, 9.17) is 4.42 Å². The lowest BCUT2D eigenvalue weighted by Crippen LogP contribution is -2.54. The van der Waals surface area contributed by atoms with Gasteiger partial charge >= 0.3 is 0 Å². The zero-order valence-electron chi connectivity index (χ0n) is 31.6. The highest BCUT2D eigenvalue weighted by Crippen LogP contribution is 2.56. The number of quaternary nitrogens is 1. The van der Waals surface area contributed by atoms with Crippen LogP contribution in [0.4, 0.5) is 17.1 Å². The fourth-order valence-electron chi connectivity index (χ4n) is 9.19. The summed E-state index contributed by atoms with van der Waals surface area (Å²) in [7, 11) is 2.30. The molecule has 1 fully saturated rings. The molecule has 1 saturated heterocycles.